The maximum Gasteiger partial charge on any atom is 0.475 e. The molecule has 24 heavy (non-hydrogen) atoms. The largest absolute Gasteiger partial charge is 0.475 e. The van der Waals surface area contributed by atoms with E-state index in [2.05, 4.69) is 15.6 Å². The Hall–Kier alpha value is -1.97. The number of nitrogens with one attached hydrogen (secondary N) is 2. The Balaban J connectivity index is 2.79. The van der Waals surface area contributed by atoms with Crippen LogP contribution in [0, 0.1) is 5.92 Å². The Kier molecular flexibility index (Phi) is 7.83. The van der Waals surface area contributed by atoms with Gasteiger partial charge in [0.2, 0.25) is 5.91 Å². The molecule has 0 radical (unpaired) electrons. The lowest BCUT2D eigenvalue weighted by molar-refractivity contribution is -0.125. The summed E-state index contributed by atoms with van der Waals surface area (Å²) in [4.78, 5) is 28.3. The summed E-state index contributed by atoms with van der Waals surface area (Å²) in [5.41, 5.74) is 0.108. The maximum atomic E-state index is 12.3. The number of nitrogens with zero attached hydrogens (tertiary/aromatic N) is 1. The second-order valence-corrected chi connectivity index (χ2v) is 6.06. The van der Waals surface area contributed by atoms with Crippen molar-refractivity contribution in [3.8, 4) is 0 Å². The van der Waals surface area contributed by atoms with Crippen molar-refractivity contribution in [2.45, 2.75) is 45.3 Å². The van der Waals surface area contributed by atoms with Gasteiger partial charge < -0.3 is 25.8 Å². The van der Waals surface area contributed by atoms with Crippen molar-refractivity contribution in [1.29, 1.82) is 0 Å². The molecule has 2 amide bonds. The first kappa shape index (κ1) is 20.1. The lowest BCUT2D eigenvalue weighted by atomic mass is 9.75. The first-order valence-electron chi connectivity index (χ1n) is 7.78. The molecular weight excluding hydrogens is 313 g/mol. The van der Waals surface area contributed by atoms with Gasteiger partial charge in [-0.3, -0.25) is 14.6 Å². The molecule has 0 aliphatic heterocycles. The molecular formula is C15H24BN3O5. The monoisotopic (exact) mass is 337 g/mol. The molecule has 1 aromatic rings. The third-order valence-electron chi connectivity index (χ3n) is 3.36. The fourth-order valence-corrected chi connectivity index (χ4v) is 2.15. The van der Waals surface area contributed by atoms with Gasteiger partial charge in [0.1, 0.15) is 11.7 Å². The Morgan fingerprint density at radius 3 is 2.33 bits per heavy atom. The molecule has 0 aliphatic rings. The summed E-state index contributed by atoms with van der Waals surface area (Å²) in [5.74, 6) is -2.09. The van der Waals surface area contributed by atoms with E-state index in [1.165, 1.54) is 19.2 Å². The zero-order valence-corrected chi connectivity index (χ0v) is 14.0. The molecule has 3 atom stereocenters. The molecule has 0 bridgehead atoms. The minimum absolute atomic E-state index is 0.108. The Morgan fingerprint density at radius 1 is 1.21 bits per heavy atom. The van der Waals surface area contributed by atoms with Crippen LogP contribution in [-0.4, -0.2) is 57.2 Å². The zero-order valence-electron chi connectivity index (χ0n) is 14.0. The normalized spacial score (nSPS) is 14.6. The molecule has 0 fully saturated rings. The van der Waals surface area contributed by atoms with Crippen LogP contribution in [0.3, 0.4) is 0 Å². The van der Waals surface area contributed by atoms with Crippen LogP contribution in [0.5, 0.6) is 0 Å². The molecule has 0 aromatic carbocycles. The molecule has 1 heterocycles. The third-order valence-corrected chi connectivity index (χ3v) is 3.36. The summed E-state index contributed by atoms with van der Waals surface area (Å²) in [6.45, 7) is 5.10. The van der Waals surface area contributed by atoms with Crippen molar-refractivity contribution in [2.24, 2.45) is 5.92 Å². The number of aliphatic hydroxyl groups is 1. The third kappa shape index (κ3) is 6.27. The van der Waals surface area contributed by atoms with Crippen LogP contribution >= 0.6 is 0 Å². The molecule has 132 valence electrons. The summed E-state index contributed by atoms with van der Waals surface area (Å²) < 4.78 is 0. The summed E-state index contributed by atoms with van der Waals surface area (Å²) in [5, 5.41) is 33.4. The van der Waals surface area contributed by atoms with Gasteiger partial charge in [0.25, 0.3) is 5.91 Å². The van der Waals surface area contributed by atoms with Crippen molar-refractivity contribution < 1.29 is 24.7 Å². The minimum atomic E-state index is -1.74. The van der Waals surface area contributed by atoms with E-state index in [-0.39, 0.29) is 11.6 Å². The van der Waals surface area contributed by atoms with Gasteiger partial charge >= 0.3 is 7.12 Å². The number of amides is 2. The van der Waals surface area contributed by atoms with Crippen molar-refractivity contribution >= 4 is 18.9 Å². The molecule has 0 saturated heterocycles. The zero-order chi connectivity index (χ0) is 18.3. The van der Waals surface area contributed by atoms with E-state index in [0.29, 0.717) is 6.42 Å². The van der Waals surface area contributed by atoms with Crippen molar-refractivity contribution in [3.05, 3.63) is 30.1 Å². The van der Waals surface area contributed by atoms with Crippen molar-refractivity contribution in [1.82, 2.24) is 15.6 Å². The Labute approximate surface area is 141 Å². The fourth-order valence-electron chi connectivity index (χ4n) is 2.15. The van der Waals surface area contributed by atoms with Crippen molar-refractivity contribution in [2.75, 3.05) is 0 Å². The van der Waals surface area contributed by atoms with E-state index in [1.54, 1.807) is 12.1 Å². The first-order valence-corrected chi connectivity index (χ1v) is 7.78. The van der Waals surface area contributed by atoms with Crippen molar-refractivity contribution in [3.63, 3.8) is 0 Å². The number of hydrogen-bond donors (Lipinski definition) is 5. The van der Waals surface area contributed by atoms with E-state index in [9.17, 15) is 24.7 Å². The van der Waals surface area contributed by atoms with Crippen LogP contribution in [0.15, 0.2) is 24.4 Å². The second-order valence-electron chi connectivity index (χ2n) is 6.06. The highest BCUT2D eigenvalue weighted by molar-refractivity contribution is 6.43. The number of pyridine rings is 1. The maximum absolute atomic E-state index is 12.3. The van der Waals surface area contributed by atoms with Crippen LogP contribution < -0.4 is 10.6 Å². The highest BCUT2D eigenvalue weighted by Crippen LogP contribution is 2.07. The van der Waals surface area contributed by atoms with Gasteiger partial charge in [0.15, 0.2) is 0 Å². The van der Waals surface area contributed by atoms with Gasteiger partial charge in [-0.05, 0) is 31.4 Å². The summed E-state index contributed by atoms with van der Waals surface area (Å²) in [7, 11) is -1.74. The number of aliphatic hydroxyl groups excluding tert-OH is 1. The highest BCUT2D eigenvalue weighted by Gasteiger charge is 2.32. The molecule has 1 rings (SSSR count). The first-order chi connectivity index (χ1) is 11.2. The van der Waals surface area contributed by atoms with E-state index in [4.69, 9.17) is 0 Å². The number of rotatable bonds is 8. The molecule has 0 aliphatic carbocycles. The van der Waals surface area contributed by atoms with Crippen LogP contribution in [-0.2, 0) is 4.79 Å². The smallest absolute Gasteiger partial charge is 0.426 e. The van der Waals surface area contributed by atoms with E-state index >= 15 is 0 Å². The Morgan fingerprint density at radius 2 is 1.88 bits per heavy atom. The van der Waals surface area contributed by atoms with Crippen LogP contribution in [0.25, 0.3) is 0 Å². The van der Waals surface area contributed by atoms with Gasteiger partial charge in [0, 0.05) is 6.20 Å². The van der Waals surface area contributed by atoms with E-state index in [0.717, 1.165) is 0 Å². The number of carbonyl (C=O) groups excluding carboxylic acids is 2. The standard InChI is InChI=1S/C15H24BN3O5/c1-9(2)8-12(16(23)24)18-15(22)13(10(3)20)19-14(21)11-6-4-5-7-17-11/h4-7,9-10,12-13,20,23-24H,8H2,1-3H3,(H,18,22)(H,19,21)/t10-,12+,13+/m1/s1. The predicted molar refractivity (Wildman–Crippen MR) is 88.7 cm³/mol. The average Bonchev–Trinajstić information content (AvgIpc) is 2.51. The molecule has 5 N–H and O–H groups in total. The van der Waals surface area contributed by atoms with Crippen LogP contribution in [0.1, 0.15) is 37.7 Å². The van der Waals surface area contributed by atoms with Gasteiger partial charge in [0.05, 0.1) is 12.0 Å². The van der Waals surface area contributed by atoms with Gasteiger partial charge in [-0.15, -0.1) is 0 Å². The quantitative estimate of drug-likeness (QED) is 0.391. The molecule has 0 spiro atoms. The summed E-state index contributed by atoms with van der Waals surface area (Å²) in [6, 6.07) is 3.51. The lowest BCUT2D eigenvalue weighted by Crippen LogP contribution is -2.57. The average molecular weight is 337 g/mol. The molecule has 1 aromatic heterocycles. The highest BCUT2D eigenvalue weighted by atomic mass is 16.4. The summed E-state index contributed by atoms with van der Waals surface area (Å²) >= 11 is 0. The number of carbonyl (C=O) groups is 2. The molecule has 9 heteroatoms. The minimum Gasteiger partial charge on any atom is -0.426 e. The van der Waals surface area contributed by atoms with Crippen LogP contribution in [0.2, 0.25) is 0 Å². The van der Waals surface area contributed by atoms with E-state index in [1.807, 2.05) is 13.8 Å². The lowest BCUT2D eigenvalue weighted by Gasteiger charge is -2.25. The predicted octanol–water partition coefficient (Wildman–Crippen LogP) is -0.896. The fraction of sp³-hybridized carbons (Fsp3) is 0.533. The number of hydrogen-bond acceptors (Lipinski definition) is 6. The summed E-state index contributed by atoms with van der Waals surface area (Å²) in [6.07, 6.45) is 0.602. The number of aromatic nitrogens is 1. The van der Waals surface area contributed by atoms with Gasteiger partial charge in [-0.25, -0.2) is 0 Å². The van der Waals surface area contributed by atoms with Gasteiger partial charge in [-0.2, -0.15) is 0 Å². The molecule has 0 unspecified atom stereocenters. The topological polar surface area (TPSA) is 132 Å². The molecule has 8 nitrogen and oxygen atoms in total. The van der Waals surface area contributed by atoms with E-state index < -0.39 is 37.0 Å². The Bertz CT molecular complexity index is 539. The second kappa shape index (κ2) is 9.36. The molecule has 0 saturated carbocycles. The van der Waals surface area contributed by atoms with Crippen LogP contribution in [0.4, 0.5) is 0 Å². The SMILES string of the molecule is CC(C)C[C@H](NC(=O)[C@@H](NC(=O)c1ccccn1)[C@@H](C)O)B(O)O. The van der Waals surface area contributed by atoms with Gasteiger partial charge in [-0.1, -0.05) is 19.9 Å².